The molecule has 2 N–H and O–H groups in total. The topological polar surface area (TPSA) is 104 Å². The second kappa shape index (κ2) is 6.53. The molecule has 3 rings (SSSR count). The van der Waals surface area contributed by atoms with Crippen LogP contribution in [0.2, 0.25) is 0 Å². The molecule has 0 radical (unpaired) electrons. The highest BCUT2D eigenvalue weighted by atomic mass is 32.2. The molecule has 0 bridgehead atoms. The van der Waals surface area contributed by atoms with Crippen molar-refractivity contribution in [3.05, 3.63) is 47.0 Å². The second-order valence-corrected chi connectivity index (χ2v) is 7.94. The third-order valence-corrected chi connectivity index (χ3v) is 6.19. The maximum atomic E-state index is 13.3. The number of rotatable bonds is 4. The van der Waals surface area contributed by atoms with Crippen LogP contribution < -0.4 is 9.04 Å². The molecular weight excluding hydrogens is 358 g/mol. The fourth-order valence-corrected chi connectivity index (χ4v) is 4.95. The van der Waals surface area contributed by atoms with Gasteiger partial charge in [-0.15, -0.1) is 0 Å². The highest BCUT2D eigenvalue weighted by Crippen LogP contribution is 2.41. The van der Waals surface area contributed by atoms with Crippen molar-refractivity contribution < 1.29 is 28.2 Å². The summed E-state index contributed by atoms with van der Waals surface area (Å²) >= 11 is 0. The van der Waals surface area contributed by atoms with E-state index < -0.39 is 32.2 Å². The molecule has 0 fully saturated rings. The van der Waals surface area contributed by atoms with Gasteiger partial charge in [-0.05, 0) is 49.1 Å². The Kier molecular flexibility index (Phi) is 4.53. The Bertz CT molecular complexity index is 969. The first-order valence-corrected chi connectivity index (χ1v) is 9.47. The lowest BCUT2D eigenvalue weighted by atomic mass is 10.0. The zero-order valence-corrected chi connectivity index (χ0v) is 15.2. The molecular formula is C18H19NO6S. The Hall–Kier alpha value is -2.74. The lowest BCUT2D eigenvalue weighted by Crippen LogP contribution is -2.36. The summed E-state index contributed by atoms with van der Waals surface area (Å²) in [4.78, 5) is 10.9. The van der Waals surface area contributed by atoms with Crippen LogP contribution in [0.1, 0.15) is 27.9 Å². The van der Waals surface area contributed by atoms with Gasteiger partial charge in [-0.1, -0.05) is 12.1 Å². The molecule has 2 aromatic carbocycles. The van der Waals surface area contributed by atoms with Gasteiger partial charge in [0.25, 0.3) is 10.0 Å². The minimum atomic E-state index is -4.18. The number of hydrogen-bond acceptors (Lipinski definition) is 5. The van der Waals surface area contributed by atoms with E-state index >= 15 is 0 Å². The van der Waals surface area contributed by atoms with Crippen LogP contribution in [-0.4, -0.2) is 38.3 Å². The van der Waals surface area contributed by atoms with Gasteiger partial charge >= 0.3 is 5.97 Å². The molecule has 0 spiro atoms. The van der Waals surface area contributed by atoms with Crippen molar-refractivity contribution in [2.24, 2.45) is 0 Å². The van der Waals surface area contributed by atoms with Crippen LogP contribution >= 0.6 is 0 Å². The Balaban J connectivity index is 2.23. The molecule has 1 heterocycles. The summed E-state index contributed by atoms with van der Waals surface area (Å²) < 4.78 is 33.1. The molecule has 0 aromatic heterocycles. The first-order valence-electron chi connectivity index (χ1n) is 8.03. The standard InChI is InChI=1S/C18H19NO6S/c1-11-9-13(18(21)22)17(20)15(10-11)26(23,24)19-8-4-6-12-5-3-7-14(25-2)16(12)19/h3,5,7,9-10,20H,4,6,8H2,1-2H3,(H,21,22). The quantitative estimate of drug-likeness (QED) is 0.849. The number of para-hydroxylation sites is 1. The number of carboxylic acids is 1. The number of fused-ring (bicyclic) bond motifs is 1. The van der Waals surface area contributed by atoms with Gasteiger partial charge in [-0.3, -0.25) is 4.31 Å². The maximum absolute atomic E-state index is 13.3. The molecule has 2 aromatic rings. The lowest BCUT2D eigenvalue weighted by molar-refractivity contribution is 0.0693. The van der Waals surface area contributed by atoms with E-state index in [0.29, 0.717) is 29.8 Å². The number of sulfonamides is 1. The molecule has 26 heavy (non-hydrogen) atoms. The monoisotopic (exact) mass is 377 g/mol. The van der Waals surface area contributed by atoms with Gasteiger partial charge in [0, 0.05) is 6.54 Å². The van der Waals surface area contributed by atoms with Gasteiger partial charge in [0.1, 0.15) is 16.2 Å². The van der Waals surface area contributed by atoms with Crippen molar-refractivity contribution in [3.63, 3.8) is 0 Å². The molecule has 0 amide bonds. The van der Waals surface area contributed by atoms with E-state index in [0.717, 1.165) is 5.56 Å². The van der Waals surface area contributed by atoms with E-state index in [1.165, 1.54) is 23.5 Å². The number of aromatic hydroxyl groups is 1. The predicted molar refractivity (Wildman–Crippen MR) is 95.6 cm³/mol. The van der Waals surface area contributed by atoms with Crippen LogP contribution in [0.3, 0.4) is 0 Å². The molecule has 0 unspecified atom stereocenters. The number of aromatic carboxylic acids is 1. The number of aryl methyl sites for hydroxylation is 2. The molecule has 1 aliphatic heterocycles. The lowest BCUT2D eigenvalue weighted by Gasteiger charge is -2.32. The largest absolute Gasteiger partial charge is 0.506 e. The number of nitrogens with zero attached hydrogens (tertiary/aromatic N) is 1. The summed E-state index contributed by atoms with van der Waals surface area (Å²) in [7, 11) is -2.72. The van der Waals surface area contributed by atoms with Gasteiger partial charge in [-0.2, -0.15) is 0 Å². The average molecular weight is 377 g/mol. The van der Waals surface area contributed by atoms with Gasteiger partial charge in [0.15, 0.2) is 5.75 Å². The number of hydrogen-bond donors (Lipinski definition) is 2. The number of carboxylic acid groups (broad SMARTS) is 1. The van der Waals surface area contributed by atoms with E-state index in [9.17, 15) is 23.4 Å². The van der Waals surface area contributed by atoms with Crippen molar-refractivity contribution in [1.29, 1.82) is 0 Å². The number of benzene rings is 2. The van der Waals surface area contributed by atoms with Crippen LogP contribution in [0.5, 0.6) is 11.5 Å². The number of ether oxygens (including phenoxy) is 1. The zero-order chi connectivity index (χ0) is 19.1. The average Bonchev–Trinajstić information content (AvgIpc) is 2.61. The van der Waals surface area contributed by atoms with Gasteiger partial charge < -0.3 is 14.9 Å². The molecule has 8 heteroatoms. The Morgan fingerprint density at radius 3 is 2.65 bits per heavy atom. The minimum absolute atomic E-state index is 0.214. The third-order valence-electron chi connectivity index (χ3n) is 4.38. The molecule has 138 valence electrons. The van der Waals surface area contributed by atoms with E-state index in [4.69, 9.17) is 4.74 Å². The van der Waals surface area contributed by atoms with E-state index in [2.05, 4.69) is 0 Å². The first-order chi connectivity index (χ1) is 12.3. The first kappa shape index (κ1) is 18.1. The van der Waals surface area contributed by atoms with Crippen LogP contribution in [0.4, 0.5) is 5.69 Å². The summed E-state index contributed by atoms with van der Waals surface area (Å²) in [6.45, 7) is 1.79. The summed E-state index contributed by atoms with van der Waals surface area (Å²) in [5, 5.41) is 19.5. The van der Waals surface area contributed by atoms with Crippen LogP contribution in [0, 0.1) is 6.92 Å². The summed E-state index contributed by atoms with van der Waals surface area (Å²) in [6.07, 6.45) is 1.32. The highest BCUT2D eigenvalue weighted by Gasteiger charge is 2.34. The Morgan fingerprint density at radius 1 is 1.27 bits per heavy atom. The Labute approximate surface area is 151 Å². The maximum Gasteiger partial charge on any atom is 0.339 e. The van der Waals surface area contributed by atoms with E-state index in [-0.39, 0.29) is 6.54 Å². The SMILES string of the molecule is COc1cccc2c1N(S(=O)(=O)c1cc(C)cc(C(=O)O)c1O)CCC2. The predicted octanol–water partition coefficient (Wildman–Crippen LogP) is 2.55. The zero-order valence-electron chi connectivity index (χ0n) is 14.4. The van der Waals surface area contributed by atoms with Gasteiger partial charge in [0.2, 0.25) is 0 Å². The molecule has 7 nitrogen and oxygen atoms in total. The summed E-state index contributed by atoms with van der Waals surface area (Å²) in [5.41, 5.74) is 1.24. The summed E-state index contributed by atoms with van der Waals surface area (Å²) in [5.74, 6) is -1.74. The van der Waals surface area contributed by atoms with E-state index in [1.54, 1.807) is 19.1 Å². The fourth-order valence-electron chi connectivity index (χ4n) is 3.21. The molecule has 0 atom stereocenters. The number of phenols is 1. The van der Waals surface area contributed by atoms with Gasteiger partial charge in [-0.25, -0.2) is 13.2 Å². The van der Waals surface area contributed by atoms with Crippen molar-refractivity contribution >= 4 is 21.7 Å². The normalized spacial score (nSPS) is 14.0. The number of anilines is 1. The molecule has 0 saturated heterocycles. The van der Waals surface area contributed by atoms with Crippen molar-refractivity contribution in [3.8, 4) is 11.5 Å². The fraction of sp³-hybridized carbons (Fsp3) is 0.278. The van der Waals surface area contributed by atoms with Crippen molar-refractivity contribution in [2.45, 2.75) is 24.7 Å². The van der Waals surface area contributed by atoms with Gasteiger partial charge in [0.05, 0.1) is 12.8 Å². The van der Waals surface area contributed by atoms with Crippen LogP contribution in [0.15, 0.2) is 35.2 Å². The van der Waals surface area contributed by atoms with Crippen molar-refractivity contribution in [2.75, 3.05) is 18.0 Å². The van der Waals surface area contributed by atoms with Crippen molar-refractivity contribution in [1.82, 2.24) is 0 Å². The summed E-state index contributed by atoms with van der Waals surface area (Å²) in [6, 6.07) is 7.81. The number of methoxy groups -OCH3 is 1. The second-order valence-electron chi connectivity index (χ2n) is 6.11. The molecule has 0 saturated carbocycles. The molecule has 0 aliphatic carbocycles. The van der Waals surface area contributed by atoms with Crippen LogP contribution in [-0.2, 0) is 16.4 Å². The Morgan fingerprint density at radius 2 is 2.00 bits per heavy atom. The highest BCUT2D eigenvalue weighted by molar-refractivity contribution is 7.93. The minimum Gasteiger partial charge on any atom is -0.506 e. The van der Waals surface area contributed by atoms with E-state index in [1.807, 2.05) is 6.07 Å². The number of carbonyl (C=O) groups is 1. The smallest absolute Gasteiger partial charge is 0.339 e. The third kappa shape index (κ3) is 2.86. The van der Waals surface area contributed by atoms with Crippen LogP contribution in [0.25, 0.3) is 0 Å². The molecule has 1 aliphatic rings.